The van der Waals surface area contributed by atoms with E-state index in [4.69, 9.17) is 14.4 Å². The Labute approximate surface area is 228 Å². The average Bonchev–Trinajstić information content (AvgIpc) is 3.54. The van der Waals surface area contributed by atoms with Crippen molar-refractivity contribution >= 4 is 65.6 Å². The maximum Gasteiger partial charge on any atom is 0.165 e. The van der Waals surface area contributed by atoms with Gasteiger partial charge in [0.1, 0.15) is 16.9 Å². The maximum atomic E-state index is 6.37. The van der Waals surface area contributed by atoms with Crippen molar-refractivity contribution in [2.75, 3.05) is 0 Å². The van der Waals surface area contributed by atoms with Gasteiger partial charge in [0, 0.05) is 38.6 Å². The average molecular weight is 512 g/mol. The van der Waals surface area contributed by atoms with Crippen molar-refractivity contribution in [3.63, 3.8) is 0 Å². The van der Waals surface area contributed by atoms with Gasteiger partial charge >= 0.3 is 0 Å². The van der Waals surface area contributed by atoms with Crippen LogP contribution in [0.4, 0.5) is 0 Å². The minimum atomic E-state index is 0.803. The lowest BCUT2D eigenvalue weighted by Gasteiger charge is -2.14. The van der Waals surface area contributed by atoms with Crippen molar-refractivity contribution in [2.45, 2.75) is 0 Å². The quantitative estimate of drug-likeness (QED) is 0.232. The van der Waals surface area contributed by atoms with Gasteiger partial charge in [-0.25, -0.2) is 9.97 Å². The van der Waals surface area contributed by atoms with E-state index >= 15 is 0 Å². The Morgan fingerprint density at radius 2 is 1.23 bits per heavy atom. The molecule has 0 atom stereocenters. The van der Waals surface area contributed by atoms with Crippen molar-refractivity contribution in [1.82, 2.24) is 14.5 Å². The Bertz CT molecular complexity index is 2430. The summed E-state index contributed by atoms with van der Waals surface area (Å²) >= 11 is 0. The van der Waals surface area contributed by atoms with Crippen LogP contribution in [0.1, 0.15) is 0 Å². The summed E-state index contributed by atoms with van der Waals surface area (Å²) in [4.78, 5) is 10.5. The van der Waals surface area contributed by atoms with Gasteiger partial charge in [0.15, 0.2) is 5.82 Å². The van der Waals surface area contributed by atoms with Crippen LogP contribution in [-0.4, -0.2) is 14.5 Å². The van der Waals surface area contributed by atoms with E-state index in [1.807, 2.05) is 42.5 Å². The fourth-order valence-electron chi connectivity index (χ4n) is 6.15. The molecule has 0 saturated carbocycles. The Kier molecular flexibility index (Phi) is 4.30. The first-order valence-electron chi connectivity index (χ1n) is 13.4. The van der Waals surface area contributed by atoms with Crippen LogP contribution in [0.5, 0.6) is 0 Å². The summed E-state index contributed by atoms with van der Waals surface area (Å²) in [6, 6.07) is 44.1. The molecule has 0 radical (unpaired) electrons. The van der Waals surface area contributed by atoms with Crippen LogP contribution >= 0.6 is 0 Å². The monoisotopic (exact) mass is 511 g/mol. The number of para-hydroxylation sites is 3. The van der Waals surface area contributed by atoms with Crippen molar-refractivity contribution in [3.05, 3.63) is 127 Å². The number of hydrogen-bond donors (Lipinski definition) is 0. The van der Waals surface area contributed by atoms with Crippen molar-refractivity contribution < 1.29 is 4.42 Å². The second-order valence-electron chi connectivity index (χ2n) is 10.2. The zero-order chi connectivity index (χ0) is 26.2. The molecule has 4 heteroatoms. The van der Waals surface area contributed by atoms with Gasteiger partial charge in [-0.05, 0) is 29.7 Å². The maximum absolute atomic E-state index is 6.37. The lowest BCUT2D eigenvalue weighted by atomic mass is 10.0. The molecule has 4 nitrogen and oxygen atoms in total. The molecule has 40 heavy (non-hydrogen) atoms. The van der Waals surface area contributed by atoms with Gasteiger partial charge < -0.3 is 4.42 Å². The van der Waals surface area contributed by atoms with Crippen LogP contribution in [0.3, 0.4) is 0 Å². The molecule has 0 aliphatic carbocycles. The van der Waals surface area contributed by atoms with E-state index in [0.29, 0.717) is 0 Å². The highest BCUT2D eigenvalue weighted by atomic mass is 16.3. The Balaban J connectivity index is 1.52. The highest BCUT2D eigenvalue weighted by molar-refractivity contribution is 6.22. The number of hydrogen-bond acceptors (Lipinski definition) is 3. The molecule has 0 unspecified atom stereocenters. The number of aromatic nitrogens is 3. The number of benzene rings is 6. The zero-order valence-corrected chi connectivity index (χ0v) is 21.4. The number of nitrogens with zero attached hydrogens (tertiary/aromatic N) is 3. The molecular weight excluding hydrogens is 490 g/mol. The van der Waals surface area contributed by atoms with Crippen LogP contribution < -0.4 is 0 Å². The third-order valence-electron chi connectivity index (χ3n) is 7.96. The van der Waals surface area contributed by atoms with Gasteiger partial charge in [0.2, 0.25) is 0 Å². The third-order valence-corrected chi connectivity index (χ3v) is 7.96. The van der Waals surface area contributed by atoms with Gasteiger partial charge in [-0.1, -0.05) is 97.1 Å². The summed E-state index contributed by atoms with van der Waals surface area (Å²) in [6.07, 6.45) is 0. The Morgan fingerprint density at radius 3 is 2.10 bits per heavy atom. The molecule has 3 aromatic heterocycles. The number of fused-ring (bicyclic) bond motifs is 9. The molecule has 9 rings (SSSR count). The summed E-state index contributed by atoms with van der Waals surface area (Å²) in [6.45, 7) is 0. The number of furan rings is 1. The molecule has 6 aromatic carbocycles. The molecule has 0 aliphatic heterocycles. The second-order valence-corrected chi connectivity index (χ2v) is 10.2. The summed E-state index contributed by atoms with van der Waals surface area (Å²) < 4.78 is 8.66. The van der Waals surface area contributed by atoms with Crippen molar-refractivity contribution in [3.8, 4) is 17.1 Å². The summed E-state index contributed by atoms with van der Waals surface area (Å²) in [7, 11) is 0. The third kappa shape index (κ3) is 2.96. The predicted molar refractivity (Wildman–Crippen MR) is 164 cm³/mol. The lowest BCUT2D eigenvalue weighted by molar-refractivity contribution is 0.669. The first-order chi connectivity index (χ1) is 19.8. The van der Waals surface area contributed by atoms with Gasteiger partial charge in [0.05, 0.1) is 22.1 Å². The lowest BCUT2D eigenvalue weighted by Crippen LogP contribution is -2.04. The largest absolute Gasteiger partial charge is 0.456 e. The Hall–Kier alpha value is -5.48. The van der Waals surface area contributed by atoms with Crippen LogP contribution in [0.25, 0.3) is 82.6 Å². The predicted octanol–water partition coefficient (Wildman–Crippen LogP) is 9.45. The highest BCUT2D eigenvalue weighted by Crippen LogP contribution is 2.41. The van der Waals surface area contributed by atoms with Crippen LogP contribution in [0, 0.1) is 0 Å². The zero-order valence-electron chi connectivity index (χ0n) is 21.4. The molecular formula is C36H21N3O. The topological polar surface area (TPSA) is 43.9 Å². The first-order valence-corrected chi connectivity index (χ1v) is 13.4. The minimum absolute atomic E-state index is 0.803. The molecule has 186 valence electrons. The SMILES string of the molecule is c1ccc(-c2nc3ccccc3nc2-n2c3cc4oc5ccccc5c4cc3c3ccc4ccccc4c32)cc1. The molecule has 0 amide bonds. The van der Waals surface area contributed by atoms with Crippen LogP contribution in [0.2, 0.25) is 0 Å². The van der Waals surface area contributed by atoms with E-state index in [0.717, 1.165) is 66.5 Å². The van der Waals surface area contributed by atoms with Gasteiger partial charge in [-0.3, -0.25) is 4.57 Å². The Morgan fingerprint density at radius 1 is 0.500 bits per heavy atom. The second kappa shape index (κ2) is 8.01. The van der Waals surface area contributed by atoms with E-state index in [1.54, 1.807) is 0 Å². The smallest absolute Gasteiger partial charge is 0.165 e. The van der Waals surface area contributed by atoms with E-state index in [9.17, 15) is 0 Å². The van der Waals surface area contributed by atoms with Crippen LogP contribution in [0.15, 0.2) is 132 Å². The molecule has 0 bridgehead atoms. The molecule has 0 aliphatic rings. The molecule has 9 aromatic rings. The van der Waals surface area contributed by atoms with Crippen molar-refractivity contribution in [2.24, 2.45) is 0 Å². The van der Waals surface area contributed by atoms with E-state index < -0.39 is 0 Å². The summed E-state index contributed by atoms with van der Waals surface area (Å²) in [5, 5.41) is 6.93. The fourth-order valence-corrected chi connectivity index (χ4v) is 6.15. The number of rotatable bonds is 2. The highest BCUT2D eigenvalue weighted by Gasteiger charge is 2.22. The fraction of sp³-hybridized carbons (Fsp3) is 0. The van der Waals surface area contributed by atoms with Gasteiger partial charge in [0.25, 0.3) is 0 Å². The van der Waals surface area contributed by atoms with E-state index in [1.165, 1.54) is 16.2 Å². The van der Waals surface area contributed by atoms with Gasteiger partial charge in [-0.2, -0.15) is 0 Å². The van der Waals surface area contributed by atoms with Gasteiger partial charge in [-0.15, -0.1) is 0 Å². The van der Waals surface area contributed by atoms with E-state index in [-0.39, 0.29) is 0 Å². The molecule has 3 heterocycles. The molecule has 0 saturated heterocycles. The molecule has 0 spiro atoms. The first kappa shape index (κ1) is 21.5. The molecule has 0 fully saturated rings. The van der Waals surface area contributed by atoms with E-state index in [2.05, 4.69) is 89.5 Å². The standard InChI is InChI=1S/C36H21N3O/c1-2-11-23(12-3-1)34-36(38-30-16-8-7-15-29(30)37-34)39-31-21-33-28(25-14-6-9-17-32(25)40-33)20-27(31)26-19-18-22-10-4-5-13-24(22)35(26)39/h1-21H. The van der Waals surface area contributed by atoms with Crippen molar-refractivity contribution in [1.29, 1.82) is 0 Å². The summed E-state index contributed by atoms with van der Waals surface area (Å²) in [5.74, 6) is 0.803. The summed E-state index contributed by atoms with van der Waals surface area (Å²) in [5.41, 5.74) is 7.50. The minimum Gasteiger partial charge on any atom is -0.456 e. The van der Waals surface area contributed by atoms with Crippen LogP contribution in [-0.2, 0) is 0 Å². The normalized spacial score (nSPS) is 12.0. The molecule has 0 N–H and O–H groups in total.